The minimum absolute atomic E-state index is 0.114. The monoisotopic (exact) mass is 305 g/mol. The Morgan fingerprint density at radius 1 is 1.00 bits per heavy atom. The first-order chi connectivity index (χ1) is 8.47. The summed E-state index contributed by atoms with van der Waals surface area (Å²) in [6.45, 7) is 0. The minimum Gasteiger partial charge on any atom is -0.399 e. The summed E-state index contributed by atoms with van der Waals surface area (Å²) in [5.41, 5.74) is 5.97. The van der Waals surface area contributed by atoms with Gasteiger partial charge in [0.15, 0.2) is 0 Å². The largest absolute Gasteiger partial charge is 0.399 e. The van der Waals surface area contributed by atoms with Crippen LogP contribution in [0.4, 0.5) is 14.5 Å². The normalized spacial score (nSPS) is 10.7. The summed E-state index contributed by atoms with van der Waals surface area (Å²) < 4.78 is 26.5. The van der Waals surface area contributed by atoms with Crippen molar-refractivity contribution in [3.63, 3.8) is 0 Å². The summed E-state index contributed by atoms with van der Waals surface area (Å²) in [4.78, 5) is 0.556. The van der Waals surface area contributed by atoms with Crippen molar-refractivity contribution >= 4 is 40.7 Å². The van der Waals surface area contributed by atoms with Gasteiger partial charge >= 0.3 is 0 Å². The number of anilines is 1. The van der Waals surface area contributed by atoms with Crippen molar-refractivity contribution < 1.29 is 8.78 Å². The lowest BCUT2D eigenvalue weighted by Gasteiger charge is -2.08. The van der Waals surface area contributed by atoms with Crippen LogP contribution in [0, 0.1) is 11.6 Å². The molecule has 0 spiro atoms. The maximum Gasteiger partial charge on any atom is 0.137 e. The predicted octanol–water partition coefficient (Wildman–Crippen LogP) is 5.01. The summed E-state index contributed by atoms with van der Waals surface area (Å²) in [6, 6.07) is 6.20. The van der Waals surface area contributed by atoms with E-state index in [1.807, 2.05) is 0 Å². The average Bonchev–Trinajstić information content (AvgIpc) is 2.28. The van der Waals surface area contributed by atoms with Crippen molar-refractivity contribution in [1.29, 1.82) is 0 Å². The predicted molar refractivity (Wildman–Crippen MR) is 71.4 cm³/mol. The Morgan fingerprint density at radius 2 is 1.61 bits per heavy atom. The molecule has 2 N–H and O–H groups in total. The second-order valence-corrected chi connectivity index (χ2v) is 5.36. The van der Waals surface area contributed by atoms with E-state index < -0.39 is 11.6 Å². The van der Waals surface area contributed by atoms with E-state index >= 15 is 0 Å². The first-order valence-corrected chi connectivity index (χ1v) is 6.42. The number of rotatable bonds is 2. The zero-order chi connectivity index (χ0) is 13.3. The minimum atomic E-state index is -0.537. The van der Waals surface area contributed by atoms with Gasteiger partial charge in [-0.2, -0.15) is 0 Å². The Labute approximate surface area is 117 Å². The molecule has 0 aliphatic heterocycles. The van der Waals surface area contributed by atoms with Crippen LogP contribution in [0.2, 0.25) is 10.0 Å². The lowest BCUT2D eigenvalue weighted by Crippen LogP contribution is -1.88. The molecule has 0 saturated carbocycles. The van der Waals surface area contributed by atoms with Gasteiger partial charge in [0.1, 0.15) is 11.6 Å². The van der Waals surface area contributed by atoms with Gasteiger partial charge in [0.25, 0.3) is 0 Å². The molecule has 94 valence electrons. The van der Waals surface area contributed by atoms with Gasteiger partial charge in [-0.1, -0.05) is 35.0 Å². The first kappa shape index (κ1) is 13.5. The van der Waals surface area contributed by atoms with Crippen molar-refractivity contribution in [2.75, 3.05) is 5.73 Å². The molecule has 2 aromatic carbocycles. The van der Waals surface area contributed by atoms with E-state index in [4.69, 9.17) is 28.9 Å². The Balaban J connectivity index is 2.43. The number of nitrogen functional groups attached to an aromatic ring is 1. The van der Waals surface area contributed by atoms with Gasteiger partial charge in [-0.25, -0.2) is 8.78 Å². The van der Waals surface area contributed by atoms with Crippen LogP contribution in [0.3, 0.4) is 0 Å². The molecule has 0 bridgehead atoms. The van der Waals surface area contributed by atoms with Gasteiger partial charge in [-0.3, -0.25) is 0 Å². The molecule has 0 fully saturated rings. The van der Waals surface area contributed by atoms with Crippen molar-refractivity contribution in [2.45, 2.75) is 9.79 Å². The van der Waals surface area contributed by atoms with Crippen LogP contribution in [0.5, 0.6) is 0 Å². The quantitative estimate of drug-likeness (QED) is 0.790. The van der Waals surface area contributed by atoms with Gasteiger partial charge in [0, 0.05) is 10.6 Å². The Hall–Kier alpha value is -0.970. The van der Waals surface area contributed by atoms with Gasteiger partial charge in [-0.05, 0) is 30.3 Å². The van der Waals surface area contributed by atoms with Crippen LogP contribution in [0.25, 0.3) is 0 Å². The zero-order valence-corrected chi connectivity index (χ0v) is 11.2. The number of nitrogens with two attached hydrogens (primary N) is 1. The number of halogens is 4. The van der Waals surface area contributed by atoms with Gasteiger partial charge < -0.3 is 5.73 Å². The molecular formula is C12H7Cl2F2NS. The zero-order valence-electron chi connectivity index (χ0n) is 8.88. The number of hydrogen-bond acceptors (Lipinski definition) is 2. The summed E-state index contributed by atoms with van der Waals surface area (Å²) in [6.07, 6.45) is 0. The molecule has 0 saturated heterocycles. The van der Waals surface area contributed by atoms with Crippen LogP contribution in [0.1, 0.15) is 0 Å². The first-order valence-electron chi connectivity index (χ1n) is 4.85. The van der Waals surface area contributed by atoms with Crippen LogP contribution in [-0.2, 0) is 0 Å². The van der Waals surface area contributed by atoms with Gasteiger partial charge in [0.2, 0.25) is 0 Å². The second kappa shape index (κ2) is 5.34. The highest BCUT2D eigenvalue weighted by molar-refractivity contribution is 7.99. The van der Waals surface area contributed by atoms with Crippen molar-refractivity contribution in [3.05, 3.63) is 52.0 Å². The van der Waals surface area contributed by atoms with E-state index in [1.54, 1.807) is 0 Å². The number of benzene rings is 2. The molecule has 0 aromatic heterocycles. The van der Waals surface area contributed by atoms with Crippen LogP contribution < -0.4 is 5.73 Å². The molecule has 0 unspecified atom stereocenters. The fourth-order valence-electron chi connectivity index (χ4n) is 1.34. The highest BCUT2D eigenvalue weighted by Crippen LogP contribution is 2.40. The molecule has 0 aliphatic rings. The molecule has 2 aromatic rings. The lowest BCUT2D eigenvalue weighted by atomic mass is 10.3. The molecule has 0 heterocycles. The van der Waals surface area contributed by atoms with Gasteiger partial charge in [-0.15, -0.1) is 0 Å². The van der Waals surface area contributed by atoms with Crippen molar-refractivity contribution in [1.82, 2.24) is 0 Å². The Kier molecular flexibility index (Phi) is 4.00. The maximum absolute atomic E-state index is 13.5. The summed E-state index contributed by atoms with van der Waals surface area (Å²) in [5, 5.41) is 0.599. The third kappa shape index (κ3) is 2.88. The van der Waals surface area contributed by atoms with E-state index in [1.165, 1.54) is 12.1 Å². The van der Waals surface area contributed by atoms with Gasteiger partial charge in [0.05, 0.1) is 14.9 Å². The Morgan fingerprint density at radius 3 is 2.22 bits per heavy atom. The molecule has 0 atom stereocenters. The molecule has 6 heteroatoms. The fraction of sp³-hybridized carbons (Fsp3) is 0. The smallest absolute Gasteiger partial charge is 0.137 e. The number of hydrogen-bond donors (Lipinski definition) is 1. The molecule has 18 heavy (non-hydrogen) atoms. The lowest BCUT2D eigenvalue weighted by molar-refractivity contribution is 0.577. The second-order valence-electron chi connectivity index (χ2n) is 3.49. The summed E-state index contributed by atoms with van der Waals surface area (Å²) in [5.74, 6) is -1.06. The Bertz CT molecular complexity index is 582. The third-order valence-electron chi connectivity index (χ3n) is 2.13. The molecule has 2 rings (SSSR count). The standard InChI is InChI=1S/C12H7Cl2F2NS/c13-8-4-7(17)5-9(14)12(8)18-11-3-6(15)1-2-10(11)16/h1-5H,17H2. The third-order valence-corrected chi connectivity index (χ3v) is 4.12. The average molecular weight is 306 g/mol. The molecule has 1 nitrogen and oxygen atoms in total. The highest BCUT2D eigenvalue weighted by atomic mass is 35.5. The summed E-state index contributed by atoms with van der Waals surface area (Å²) in [7, 11) is 0. The fourth-order valence-corrected chi connectivity index (χ4v) is 2.95. The van der Waals surface area contributed by atoms with E-state index in [0.717, 1.165) is 30.0 Å². The molecule has 0 radical (unpaired) electrons. The SMILES string of the molecule is Nc1cc(Cl)c(Sc2cc(F)ccc2F)c(Cl)c1. The van der Waals surface area contributed by atoms with E-state index in [0.29, 0.717) is 20.6 Å². The van der Waals surface area contributed by atoms with Crippen molar-refractivity contribution in [3.8, 4) is 0 Å². The summed E-state index contributed by atoms with van der Waals surface area (Å²) >= 11 is 12.9. The molecule has 0 aliphatic carbocycles. The van der Waals surface area contributed by atoms with Crippen LogP contribution >= 0.6 is 35.0 Å². The van der Waals surface area contributed by atoms with E-state index in [-0.39, 0.29) is 4.90 Å². The molecule has 0 amide bonds. The van der Waals surface area contributed by atoms with E-state index in [9.17, 15) is 8.78 Å². The molecular weight excluding hydrogens is 299 g/mol. The van der Waals surface area contributed by atoms with Crippen LogP contribution in [0.15, 0.2) is 40.1 Å². The highest BCUT2D eigenvalue weighted by Gasteiger charge is 2.12. The van der Waals surface area contributed by atoms with Crippen molar-refractivity contribution in [2.24, 2.45) is 0 Å². The van der Waals surface area contributed by atoms with E-state index in [2.05, 4.69) is 0 Å². The maximum atomic E-state index is 13.5. The topological polar surface area (TPSA) is 26.0 Å². The van der Waals surface area contributed by atoms with Crippen LogP contribution in [-0.4, -0.2) is 0 Å².